The van der Waals surface area contributed by atoms with Crippen LogP contribution in [0.5, 0.6) is 0 Å². The van der Waals surface area contributed by atoms with Gasteiger partial charge in [0.25, 0.3) is 0 Å². The molecule has 0 amide bonds. The van der Waals surface area contributed by atoms with Gasteiger partial charge < -0.3 is 4.79 Å². The maximum absolute atomic E-state index is 14.9. The number of aromatic nitrogens is 2. The number of carbonyl (C=O) groups is 1. The molecule has 2 aliphatic rings. The van der Waals surface area contributed by atoms with E-state index in [0.29, 0.717) is 5.69 Å². The number of carbonyl (C=O) groups excluding carboxylic acids is 1. The number of hydrogen-bond donors (Lipinski definition) is 0. The summed E-state index contributed by atoms with van der Waals surface area (Å²) in [7, 11) is 0. The molecule has 0 radical (unpaired) electrons. The quantitative estimate of drug-likeness (QED) is 0.521. The summed E-state index contributed by atoms with van der Waals surface area (Å²) >= 11 is 0. The zero-order valence-corrected chi connectivity index (χ0v) is 17.5. The van der Waals surface area contributed by atoms with Crippen LogP contribution in [-0.2, 0) is 16.6 Å². The van der Waals surface area contributed by atoms with Gasteiger partial charge in [-0.1, -0.05) is 62.4 Å². The first-order valence-electron chi connectivity index (χ1n) is 10.5. The van der Waals surface area contributed by atoms with Crippen molar-refractivity contribution < 1.29 is 9.18 Å². The molecule has 1 heterocycles. The highest BCUT2D eigenvalue weighted by molar-refractivity contribution is 6.00. The van der Waals surface area contributed by atoms with Gasteiger partial charge in [0.2, 0.25) is 5.70 Å². The van der Waals surface area contributed by atoms with Gasteiger partial charge in [0.15, 0.2) is 5.78 Å². The Bertz CT molecular complexity index is 1270. The fourth-order valence-corrected chi connectivity index (χ4v) is 5.44. The van der Waals surface area contributed by atoms with E-state index in [-0.39, 0.29) is 29.1 Å². The summed E-state index contributed by atoms with van der Waals surface area (Å²) in [6.45, 7) is 11.5. The van der Waals surface area contributed by atoms with Crippen LogP contribution < -0.4 is 0 Å². The minimum Gasteiger partial charge on any atom is -0.308 e. The summed E-state index contributed by atoms with van der Waals surface area (Å²) in [6, 6.07) is 16.5. The minimum absolute atomic E-state index is 0.0313. The van der Waals surface area contributed by atoms with Crippen molar-refractivity contribution in [2.24, 2.45) is 11.8 Å². The Hall–Kier alpha value is -3.52. The van der Waals surface area contributed by atoms with E-state index in [4.69, 9.17) is 11.7 Å². The van der Waals surface area contributed by atoms with Crippen molar-refractivity contribution in [2.75, 3.05) is 0 Å². The summed E-state index contributed by atoms with van der Waals surface area (Å²) in [5.41, 5.74) is 3.71. The molecule has 0 spiro atoms. The summed E-state index contributed by atoms with van der Waals surface area (Å²) in [6.07, 6.45) is 3.38. The number of ketones is 1. The summed E-state index contributed by atoms with van der Waals surface area (Å²) in [5, 5.41) is 4.91. The molecule has 0 unspecified atom stereocenters. The lowest BCUT2D eigenvalue weighted by Gasteiger charge is -2.45. The number of benzene rings is 2. The van der Waals surface area contributed by atoms with Crippen molar-refractivity contribution in [3.05, 3.63) is 94.9 Å². The second-order valence-corrected chi connectivity index (χ2v) is 8.63. The maximum atomic E-state index is 14.9. The van der Waals surface area contributed by atoms with E-state index in [1.165, 1.54) is 6.07 Å². The van der Waals surface area contributed by atoms with Crippen molar-refractivity contribution in [1.29, 1.82) is 0 Å². The number of hydrogen-bond acceptors (Lipinski definition) is 2. The molecule has 0 saturated carbocycles. The molecule has 5 heteroatoms. The van der Waals surface area contributed by atoms with Crippen LogP contribution in [-0.4, -0.2) is 15.6 Å². The molecule has 3 atom stereocenters. The van der Waals surface area contributed by atoms with Gasteiger partial charge in [0.1, 0.15) is 11.5 Å². The van der Waals surface area contributed by atoms with Crippen LogP contribution in [0.1, 0.15) is 31.5 Å². The molecule has 5 rings (SSSR count). The first-order valence-corrected chi connectivity index (χ1v) is 10.5. The van der Waals surface area contributed by atoms with Crippen LogP contribution in [0.15, 0.2) is 66.4 Å². The zero-order valence-electron chi connectivity index (χ0n) is 17.5. The third-order valence-electron chi connectivity index (χ3n) is 6.92. The maximum Gasteiger partial charge on any atom is 0.226 e. The third-order valence-corrected chi connectivity index (χ3v) is 6.92. The van der Waals surface area contributed by atoms with Crippen LogP contribution in [0.2, 0.25) is 0 Å². The Morgan fingerprint density at radius 1 is 1.16 bits per heavy atom. The molecule has 0 saturated heterocycles. The molecular weight excluding hydrogens is 389 g/mol. The Kier molecular flexibility index (Phi) is 4.40. The number of allylic oxidation sites excluding steroid dienone is 2. The molecule has 4 nitrogen and oxygen atoms in total. The number of rotatable bonds is 2. The largest absolute Gasteiger partial charge is 0.308 e. The summed E-state index contributed by atoms with van der Waals surface area (Å²) in [5.74, 6) is -0.686. The van der Waals surface area contributed by atoms with Crippen molar-refractivity contribution in [3.63, 3.8) is 0 Å². The van der Waals surface area contributed by atoms with E-state index in [2.05, 4.69) is 11.8 Å². The second kappa shape index (κ2) is 7.02. The predicted octanol–water partition coefficient (Wildman–Crippen LogP) is 5.52. The number of fused-ring (bicyclic) bond motifs is 3. The molecule has 31 heavy (non-hydrogen) atoms. The second-order valence-electron chi connectivity index (χ2n) is 8.63. The molecule has 0 aliphatic heterocycles. The van der Waals surface area contributed by atoms with E-state index in [0.717, 1.165) is 35.4 Å². The first-order chi connectivity index (χ1) is 15.0. The third kappa shape index (κ3) is 2.79. The lowest BCUT2D eigenvalue weighted by molar-refractivity contribution is -0.121. The predicted molar refractivity (Wildman–Crippen MR) is 117 cm³/mol. The summed E-state index contributed by atoms with van der Waals surface area (Å²) in [4.78, 5) is 16.3. The molecule has 1 aromatic heterocycles. The van der Waals surface area contributed by atoms with Gasteiger partial charge in [-0.25, -0.2) is 13.9 Å². The van der Waals surface area contributed by atoms with Crippen LogP contribution in [0, 0.1) is 24.2 Å². The van der Waals surface area contributed by atoms with Crippen molar-refractivity contribution in [3.8, 4) is 16.9 Å². The van der Waals surface area contributed by atoms with E-state index < -0.39 is 5.41 Å². The van der Waals surface area contributed by atoms with Crippen LogP contribution in [0.3, 0.4) is 0 Å². The molecule has 154 valence electrons. The molecular formula is C26H22FN3O. The van der Waals surface area contributed by atoms with Gasteiger partial charge in [-0.05, 0) is 30.9 Å². The van der Waals surface area contributed by atoms with Gasteiger partial charge in [-0.3, -0.25) is 0 Å². The molecule has 0 fully saturated rings. The molecule has 0 N–H and O–H groups in total. The monoisotopic (exact) mass is 411 g/mol. The fourth-order valence-electron chi connectivity index (χ4n) is 5.44. The molecule has 2 aromatic carbocycles. The van der Waals surface area contributed by atoms with Crippen molar-refractivity contribution in [2.45, 2.75) is 32.1 Å². The number of para-hydroxylation sites is 1. The van der Waals surface area contributed by atoms with Gasteiger partial charge in [-0.15, -0.1) is 0 Å². The lowest BCUT2D eigenvalue weighted by Crippen LogP contribution is -2.46. The fraction of sp³-hybridized carbons (Fsp3) is 0.269. The molecule has 3 aromatic rings. The van der Waals surface area contributed by atoms with Gasteiger partial charge >= 0.3 is 0 Å². The van der Waals surface area contributed by atoms with E-state index in [9.17, 15) is 9.18 Å². The highest BCUT2D eigenvalue weighted by atomic mass is 19.1. The Morgan fingerprint density at radius 2 is 1.87 bits per heavy atom. The standard InChI is InChI=1S/C26H22FN3O/c1-16-19-14-13-18-23(17-9-5-4-6-10-17)29-30(22-12-8-7-11-20(22)27)25(18)26(19,2)15-21(28-3)24(16)31/h4-12,15-16,19H,13-14H2,1-2H3/t16-,19-,26-/m1/s1. The van der Waals surface area contributed by atoms with Crippen molar-refractivity contribution >= 4 is 5.78 Å². The van der Waals surface area contributed by atoms with Crippen LogP contribution >= 0.6 is 0 Å². The Labute approximate surface area is 180 Å². The highest BCUT2D eigenvalue weighted by Gasteiger charge is 2.50. The minimum atomic E-state index is -0.594. The van der Waals surface area contributed by atoms with Gasteiger partial charge in [0, 0.05) is 22.5 Å². The molecule has 2 aliphatic carbocycles. The SMILES string of the molecule is [C-]#[N+]C1=C[C@@]2(C)c3c(c(-c4ccccc4)nn3-c3ccccc3F)CC[C@@H]2[C@@H](C)C1=O. The number of nitrogens with zero attached hydrogens (tertiary/aromatic N) is 3. The topological polar surface area (TPSA) is 39.2 Å². The lowest BCUT2D eigenvalue weighted by atomic mass is 9.58. The normalized spacial score (nSPS) is 24.7. The first kappa shape index (κ1) is 19.4. The highest BCUT2D eigenvalue weighted by Crippen LogP contribution is 2.52. The van der Waals surface area contributed by atoms with Gasteiger partial charge in [-0.2, -0.15) is 5.10 Å². The van der Waals surface area contributed by atoms with Crippen LogP contribution in [0.25, 0.3) is 21.8 Å². The van der Waals surface area contributed by atoms with Crippen molar-refractivity contribution in [1.82, 2.24) is 9.78 Å². The average molecular weight is 411 g/mol. The van der Waals surface area contributed by atoms with Crippen LogP contribution in [0.4, 0.5) is 4.39 Å². The van der Waals surface area contributed by atoms with E-state index in [1.54, 1.807) is 29.0 Å². The average Bonchev–Trinajstić information content (AvgIpc) is 3.18. The smallest absolute Gasteiger partial charge is 0.226 e. The van der Waals surface area contributed by atoms with Gasteiger partial charge in [0.05, 0.1) is 18.0 Å². The Balaban J connectivity index is 1.85. The molecule has 0 bridgehead atoms. The number of halogens is 1. The summed E-state index contributed by atoms with van der Waals surface area (Å²) < 4.78 is 16.6. The zero-order chi connectivity index (χ0) is 21.8. The Morgan fingerprint density at radius 3 is 2.58 bits per heavy atom. The number of Topliss-reactive ketones (excluding diaryl/α,β-unsaturated/α-hetero) is 1. The van der Waals surface area contributed by atoms with E-state index in [1.807, 2.05) is 37.3 Å². The van der Waals surface area contributed by atoms with E-state index >= 15 is 0 Å².